The number of fused-ring (bicyclic) bond motifs is 8. The summed E-state index contributed by atoms with van der Waals surface area (Å²) in [6.07, 6.45) is 1.16. The number of esters is 3. The summed E-state index contributed by atoms with van der Waals surface area (Å²) in [4.78, 5) is 68.3. The smallest absolute Gasteiger partial charge is 0.350 e. The molecule has 2 atom stereocenters. The molecule has 44 heavy (non-hydrogen) atoms. The van der Waals surface area contributed by atoms with Crippen LogP contribution in [0.3, 0.4) is 0 Å². The lowest BCUT2D eigenvalue weighted by Gasteiger charge is -2.13. The number of carbonyl (C=O) groups excluding carboxylic acids is 4. The Morgan fingerprint density at radius 3 is 2.32 bits per heavy atom. The Morgan fingerprint density at radius 2 is 1.64 bits per heavy atom. The fourth-order valence-corrected chi connectivity index (χ4v) is 6.74. The van der Waals surface area contributed by atoms with Crippen LogP contribution in [0.25, 0.3) is 33.3 Å². The number of cyclic esters (lactones) is 2. The van der Waals surface area contributed by atoms with E-state index in [-0.39, 0.29) is 41.6 Å². The third kappa shape index (κ3) is 4.47. The number of allylic oxidation sites excluding steroid dienone is 4. The zero-order valence-electron chi connectivity index (χ0n) is 25.9. The monoisotopic (exact) mass is 594 g/mol. The van der Waals surface area contributed by atoms with Gasteiger partial charge in [0.2, 0.25) is 0 Å². The zero-order chi connectivity index (χ0) is 31.6. The van der Waals surface area contributed by atoms with Gasteiger partial charge in [-0.2, -0.15) is 0 Å². The number of aryl methyl sites for hydroxylation is 1. The molecule has 0 spiro atoms. The molecule has 0 aliphatic carbocycles. The minimum absolute atomic E-state index is 0.0623. The number of ether oxygens (including phenoxy) is 2. The van der Waals surface area contributed by atoms with Crippen LogP contribution >= 0.6 is 0 Å². The highest BCUT2D eigenvalue weighted by atomic mass is 16.6. The number of methoxy groups -OCH3 is 1. The summed E-state index contributed by atoms with van der Waals surface area (Å²) in [5, 5.41) is 0. The number of nitrogens with zero attached hydrogens (tertiary/aromatic N) is 2. The SMILES string of the molecule is CC[C@H]1c2cc3[nH]c4c(c5nc(cc6nc(cc([nH]2)[C@@H]1C)C(C(C)=O)=C6C)C(C)=C5CCC(=O)OC)C(=O)OC(=O)c4c3C. The number of nitrogens with one attached hydrogen (secondary N) is 2. The molecule has 4 aliphatic heterocycles. The molecule has 6 rings (SSSR count). The molecular formula is C34H34N4O6. The number of aromatic nitrogens is 4. The molecule has 2 aromatic rings. The molecule has 0 amide bonds. The number of aromatic amines is 2. The van der Waals surface area contributed by atoms with E-state index in [1.54, 1.807) is 6.07 Å². The number of hydrogen-bond acceptors (Lipinski definition) is 8. The molecule has 0 unspecified atom stereocenters. The van der Waals surface area contributed by atoms with Crippen molar-refractivity contribution in [3.8, 4) is 0 Å². The summed E-state index contributed by atoms with van der Waals surface area (Å²) < 4.78 is 10.2. The van der Waals surface area contributed by atoms with Gasteiger partial charge in [-0.25, -0.2) is 19.6 Å². The first kappa shape index (κ1) is 29.2. The van der Waals surface area contributed by atoms with Crippen molar-refractivity contribution in [2.24, 2.45) is 0 Å². The Morgan fingerprint density at radius 1 is 0.932 bits per heavy atom. The van der Waals surface area contributed by atoms with Crippen molar-refractivity contribution in [1.29, 1.82) is 0 Å². The van der Waals surface area contributed by atoms with Crippen molar-refractivity contribution in [2.75, 3.05) is 7.11 Å². The summed E-state index contributed by atoms with van der Waals surface area (Å²) in [5.41, 5.74) is 8.62. The van der Waals surface area contributed by atoms with E-state index in [9.17, 15) is 19.2 Å². The maximum Gasteiger partial charge on any atom is 0.350 e. The zero-order valence-corrected chi connectivity index (χ0v) is 25.9. The third-order valence-electron chi connectivity index (χ3n) is 9.23. The number of Topliss-reactive ketones (excluding diaryl/α,β-unsaturated/α-hetero) is 1. The predicted octanol–water partition coefficient (Wildman–Crippen LogP) is 6.36. The van der Waals surface area contributed by atoms with Gasteiger partial charge in [-0.1, -0.05) is 13.8 Å². The van der Waals surface area contributed by atoms with Crippen LogP contribution in [0, 0.1) is 6.92 Å². The van der Waals surface area contributed by atoms with E-state index in [0.717, 1.165) is 29.0 Å². The van der Waals surface area contributed by atoms with Crippen molar-refractivity contribution in [1.82, 2.24) is 19.9 Å². The second-order valence-electron chi connectivity index (χ2n) is 11.7. The minimum atomic E-state index is -0.819. The van der Waals surface area contributed by atoms with Crippen LogP contribution in [0.2, 0.25) is 0 Å². The lowest BCUT2D eigenvalue weighted by molar-refractivity contribution is -0.140. The first-order valence-electron chi connectivity index (χ1n) is 14.8. The molecule has 2 N–H and O–H groups in total. The summed E-state index contributed by atoms with van der Waals surface area (Å²) >= 11 is 0. The normalized spacial score (nSPS) is 18.4. The van der Waals surface area contributed by atoms with Crippen molar-refractivity contribution in [3.05, 3.63) is 69.1 Å². The average molecular weight is 595 g/mol. The van der Waals surface area contributed by atoms with Crippen molar-refractivity contribution in [3.63, 3.8) is 0 Å². The Hall–Kier alpha value is -4.86. The second-order valence-corrected chi connectivity index (χ2v) is 11.7. The van der Waals surface area contributed by atoms with E-state index in [1.165, 1.54) is 14.0 Å². The second kappa shape index (κ2) is 10.7. The van der Waals surface area contributed by atoms with Gasteiger partial charge in [-0.15, -0.1) is 0 Å². The van der Waals surface area contributed by atoms with Gasteiger partial charge in [-0.05, 0) is 81.0 Å². The van der Waals surface area contributed by atoms with Gasteiger partial charge in [0, 0.05) is 40.7 Å². The number of H-pyrrole nitrogens is 2. The molecule has 0 aromatic carbocycles. The predicted molar refractivity (Wildman–Crippen MR) is 165 cm³/mol. The van der Waals surface area contributed by atoms with Crippen molar-refractivity contribution in [2.45, 2.75) is 72.6 Å². The summed E-state index contributed by atoms with van der Waals surface area (Å²) in [6, 6.07) is 5.73. The van der Waals surface area contributed by atoms with Crippen LogP contribution in [0.4, 0.5) is 0 Å². The highest BCUT2D eigenvalue weighted by Gasteiger charge is 2.35. The van der Waals surface area contributed by atoms with Crippen LogP contribution in [0.15, 0.2) is 18.2 Å². The highest BCUT2D eigenvalue weighted by molar-refractivity contribution is 6.27. The molecule has 226 valence electrons. The molecular weight excluding hydrogens is 560 g/mol. The fraction of sp³-hybridized carbons (Fsp3) is 0.353. The van der Waals surface area contributed by atoms with Crippen LogP contribution in [0.1, 0.15) is 126 Å². The molecule has 4 aliphatic rings. The number of ketones is 1. The maximum absolute atomic E-state index is 13.5. The van der Waals surface area contributed by atoms with Gasteiger partial charge in [0.15, 0.2) is 5.78 Å². The summed E-state index contributed by atoms with van der Waals surface area (Å²) in [6.45, 7) is 11.3. The molecule has 0 saturated carbocycles. The van der Waals surface area contributed by atoms with Crippen LogP contribution in [-0.4, -0.2) is 50.7 Å². The van der Waals surface area contributed by atoms with Gasteiger partial charge in [0.1, 0.15) is 5.56 Å². The Bertz CT molecular complexity index is 1960. The van der Waals surface area contributed by atoms with E-state index in [4.69, 9.17) is 19.4 Å². The summed E-state index contributed by atoms with van der Waals surface area (Å²) in [5.74, 6) is -1.79. The molecule has 2 aromatic heterocycles. The number of hydrogen-bond donors (Lipinski definition) is 2. The Kier molecular flexibility index (Phi) is 7.10. The van der Waals surface area contributed by atoms with E-state index in [0.29, 0.717) is 50.5 Å². The van der Waals surface area contributed by atoms with Gasteiger partial charge < -0.3 is 19.4 Å². The van der Waals surface area contributed by atoms with Gasteiger partial charge >= 0.3 is 17.9 Å². The molecule has 8 bridgehead atoms. The van der Waals surface area contributed by atoms with E-state index < -0.39 is 17.9 Å². The van der Waals surface area contributed by atoms with Gasteiger partial charge in [-0.3, -0.25) is 9.59 Å². The minimum Gasteiger partial charge on any atom is -0.469 e. The first-order chi connectivity index (χ1) is 20.9. The van der Waals surface area contributed by atoms with Crippen LogP contribution in [-0.2, 0) is 19.1 Å². The lowest BCUT2D eigenvalue weighted by Crippen LogP contribution is -2.20. The van der Waals surface area contributed by atoms with Crippen LogP contribution < -0.4 is 0 Å². The maximum atomic E-state index is 13.5. The molecule has 0 radical (unpaired) electrons. The topological polar surface area (TPSA) is 144 Å². The van der Waals surface area contributed by atoms with Crippen molar-refractivity contribution < 1.29 is 28.7 Å². The standard InChI is InChI=1S/C34H34N4O6/c1-8-19-14(2)21-13-26-28(18(6)39)16(4)23(36-26)11-22-15(3)20(9-10-27(40)43-7)31(37-22)30-32-29(33(41)44-34(30)42)17(5)24(38-32)12-25(19)35-21/h11-14,19,35,38H,8-10H2,1-7H3/t14-,19-/m1/s1. The lowest BCUT2D eigenvalue weighted by atomic mass is 9.89. The Labute approximate surface area is 254 Å². The van der Waals surface area contributed by atoms with Gasteiger partial charge in [0.25, 0.3) is 0 Å². The largest absolute Gasteiger partial charge is 0.469 e. The fourth-order valence-electron chi connectivity index (χ4n) is 6.74. The third-order valence-corrected chi connectivity index (χ3v) is 9.23. The highest BCUT2D eigenvalue weighted by Crippen LogP contribution is 2.42. The molecule has 6 heterocycles. The Balaban J connectivity index is 1.79. The molecule has 10 nitrogen and oxygen atoms in total. The number of carbonyl (C=O) groups is 4. The molecule has 10 heteroatoms. The summed E-state index contributed by atoms with van der Waals surface area (Å²) in [7, 11) is 1.32. The average Bonchev–Trinajstić information content (AvgIpc) is 3.65. The quantitative estimate of drug-likeness (QED) is 0.301. The molecule has 0 saturated heterocycles. The first-order valence-corrected chi connectivity index (χ1v) is 14.8. The molecule has 0 fully saturated rings. The van der Waals surface area contributed by atoms with Crippen molar-refractivity contribution >= 4 is 57.0 Å². The van der Waals surface area contributed by atoms with E-state index in [1.807, 2.05) is 32.9 Å². The van der Waals surface area contributed by atoms with Gasteiger partial charge in [0.05, 0.1) is 41.0 Å². The number of rotatable bonds is 5. The van der Waals surface area contributed by atoms with E-state index >= 15 is 0 Å². The van der Waals surface area contributed by atoms with Crippen LogP contribution in [0.5, 0.6) is 0 Å². The van der Waals surface area contributed by atoms with E-state index in [2.05, 4.69) is 23.8 Å².